The van der Waals surface area contributed by atoms with Gasteiger partial charge in [-0.05, 0) is 26.0 Å². The zero-order valence-electron chi connectivity index (χ0n) is 8.87. The van der Waals surface area contributed by atoms with Crippen LogP contribution < -0.4 is 10.1 Å². The molecule has 0 spiro atoms. The lowest BCUT2D eigenvalue weighted by Gasteiger charge is -2.18. The molecule has 0 aromatic heterocycles. The SMILES string of the molecule is COc1cccc(NCC(C)(C)O)c1. The molecule has 0 saturated heterocycles. The number of aliphatic hydroxyl groups is 1. The fraction of sp³-hybridized carbons (Fsp3) is 0.455. The molecule has 1 aromatic carbocycles. The third-order valence-corrected chi connectivity index (χ3v) is 1.79. The van der Waals surface area contributed by atoms with E-state index in [0.29, 0.717) is 6.54 Å². The van der Waals surface area contributed by atoms with Crippen molar-refractivity contribution in [3.63, 3.8) is 0 Å². The average molecular weight is 195 g/mol. The lowest BCUT2D eigenvalue weighted by atomic mass is 10.1. The minimum atomic E-state index is -0.705. The van der Waals surface area contributed by atoms with Crippen LogP contribution in [0.25, 0.3) is 0 Å². The van der Waals surface area contributed by atoms with E-state index in [9.17, 15) is 5.11 Å². The molecule has 0 radical (unpaired) electrons. The number of rotatable bonds is 4. The van der Waals surface area contributed by atoms with Gasteiger partial charge in [-0.3, -0.25) is 0 Å². The van der Waals surface area contributed by atoms with Crippen molar-refractivity contribution in [2.75, 3.05) is 19.0 Å². The number of benzene rings is 1. The molecule has 14 heavy (non-hydrogen) atoms. The van der Waals surface area contributed by atoms with Gasteiger partial charge in [0.1, 0.15) is 5.75 Å². The lowest BCUT2D eigenvalue weighted by molar-refractivity contribution is 0.0945. The molecule has 3 nitrogen and oxygen atoms in total. The molecule has 0 unspecified atom stereocenters. The van der Waals surface area contributed by atoms with Crippen molar-refractivity contribution < 1.29 is 9.84 Å². The van der Waals surface area contributed by atoms with E-state index in [4.69, 9.17) is 4.74 Å². The monoisotopic (exact) mass is 195 g/mol. The summed E-state index contributed by atoms with van der Waals surface area (Å²) in [6.45, 7) is 4.04. The van der Waals surface area contributed by atoms with Crippen LogP contribution in [0.3, 0.4) is 0 Å². The highest BCUT2D eigenvalue weighted by molar-refractivity contribution is 5.48. The molecular weight excluding hydrogens is 178 g/mol. The minimum Gasteiger partial charge on any atom is -0.497 e. The Morgan fingerprint density at radius 1 is 1.43 bits per heavy atom. The molecule has 3 heteroatoms. The lowest BCUT2D eigenvalue weighted by Crippen LogP contribution is -2.29. The van der Waals surface area contributed by atoms with Crippen molar-refractivity contribution in [3.8, 4) is 5.75 Å². The van der Waals surface area contributed by atoms with Crippen molar-refractivity contribution in [2.24, 2.45) is 0 Å². The first-order valence-electron chi connectivity index (χ1n) is 4.61. The van der Waals surface area contributed by atoms with Gasteiger partial charge in [0.2, 0.25) is 0 Å². The van der Waals surface area contributed by atoms with Crippen molar-refractivity contribution in [3.05, 3.63) is 24.3 Å². The highest BCUT2D eigenvalue weighted by Crippen LogP contribution is 2.17. The second kappa shape index (κ2) is 4.33. The van der Waals surface area contributed by atoms with Crippen LogP contribution in [-0.4, -0.2) is 24.4 Å². The largest absolute Gasteiger partial charge is 0.497 e. The molecule has 0 fully saturated rings. The van der Waals surface area contributed by atoms with E-state index in [2.05, 4.69) is 5.32 Å². The molecule has 0 atom stereocenters. The van der Waals surface area contributed by atoms with Crippen molar-refractivity contribution >= 4 is 5.69 Å². The van der Waals surface area contributed by atoms with Crippen LogP contribution in [0.2, 0.25) is 0 Å². The maximum absolute atomic E-state index is 9.51. The number of ether oxygens (including phenoxy) is 1. The van der Waals surface area contributed by atoms with Crippen LogP contribution in [0.15, 0.2) is 24.3 Å². The highest BCUT2D eigenvalue weighted by Gasteiger charge is 2.11. The third-order valence-electron chi connectivity index (χ3n) is 1.79. The second-order valence-corrected chi connectivity index (χ2v) is 3.90. The van der Waals surface area contributed by atoms with Crippen molar-refractivity contribution in [2.45, 2.75) is 19.4 Å². The maximum Gasteiger partial charge on any atom is 0.120 e. The Hall–Kier alpha value is -1.22. The number of hydrogen-bond acceptors (Lipinski definition) is 3. The smallest absolute Gasteiger partial charge is 0.120 e. The zero-order valence-corrected chi connectivity index (χ0v) is 8.87. The summed E-state index contributed by atoms with van der Waals surface area (Å²) in [5.74, 6) is 0.811. The zero-order chi connectivity index (χ0) is 10.6. The standard InChI is InChI=1S/C11H17NO2/c1-11(2,13)8-12-9-5-4-6-10(7-9)14-3/h4-7,12-13H,8H2,1-3H3. The van der Waals surface area contributed by atoms with Crippen LogP contribution in [0.1, 0.15) is 13.8 Å². The molecule has 0 saturated carbocycles. The van der Waals surface area contributed by atoms with Gasteiger partial charge in [-0.15, -0.1) is 0 Å². The van der Waals surface area contributed by atoms with Gasteiger partial charge >= 0.3 is 0 Å². The van der Waals surface area contributed by atoms with Gasteiger partial charge in [0.05, 0.1) is 12.7 Å². The van der Waals surface area contributed by atoms with E-state index in [0.717, 1.165) is 11.4 Å². The molecule has 0 aliphatic heterocycles. The van der Waals surface area contributed by atoms with Crippen LogP contribution in [0, 0.1) is 0 Å². The van der Waals surface area contributed by atoms with E-state index in [-0.39, 0.29) is 0 Å². The summed E-state index contributed by atoms with van der Waals surface area (Å²) in [5.41, 5.74) is 0.245. The van der Waals surface area contributed by atoms with Gasteiger partial charge in [-0.25, -0.2) is 0 Å². The van der Waals surface area contributed by atoms with E-state index in [1.807, 2.05) is 24.3 Å². The molecule has 1 aromatic rings. The number of methoxy groups -OCH3 is 1. The Morgan fingerprint density at radius 3 is 2.71 bits per heavy atom. The Balaban J connectivity index is 2.59. The highest BCUT2D eigenvalue weighted by atomic mass is 16.5. The maximum atomic E-state index is 9.51. The number of anilines is 1. The predicted molar refractivity (Wildman–Crippen MR) is 57.8 cm³/mol. The van der Waals surface area contributed by atoms with Crippen LogP contribution >= 0.6 is 0 Å². The first-order chi connectivity index (χ1) is 6.51. The second-order valence-electron chi connectivity index (χ2n) is 3.90. The predicted octanol–water partition coefficient (Wildman–Crippen LogP) is 1.88. The van der Waals surface area contributed by atoms with Gasteiger partial charge in [-0.2, -0.15) is 0 Å². The number of nitrogens with one attached hydrogen (secondary N) is 1. The third kappa shape index (κ3) is 3.66. The molecule has 1 rings (SSSR count). The van der Waals surface area contributed by atoms with E-state index in [1.165, 1.54) is 0 Å². The van der Waals surface area contributed by atoms with Gasteiger partial charge in [0.15, 0.2) is 0 Å². The summed E-state index contributed by atoms with van der Waals surface area (Å²) in [6, 6.07) is 7.63. The van der Waals surface area contributed by atoms with Crippen molar-refractivity contribution in [1.82, 2.24) is 0 Å². The Kier molecular flexibility index (Phi) is 3.36. The normalized spacial score (nSPS) is 11.1. The Morgan fingerprint density at radius 2 is 2.14 bits per heavy atom. The molecule has 2 N–H and O–H groups in total. The van der Waals surface area contributed by atoms with E-state index < -0.39 is 5.60 Å². The van der Waals surface area contributed by atoms with Gasteiger partial charge < -0.3 is 15.2 Å². The summed E-state index contributed by atoms with van der Waals surface area (Å²) in [4.78, 5) is 0. The molecule has 0 aliphatic rings. The summed E-state index contributed by atoms with van der Waals surface area (Å²) < 4.78 is 5.08. The average Bonchev–Trinajstić information content (AvgIpc) is 2.14. The molecule has 0 aliphatic carbocycles. The summed E-state index contributed by atoms with van der Waals surface area (Å²) in [6.07, 6.45) is 0. The van der Waals surface area contributed by atoms with Crippen LogP contribution in [0.5, 0.6) is 5.75 Å². The van der Waals surface area contributed by atoms with Gasteiger partial charge in [-0.1, -0.05) is 6.07 Å². The topological polar surface area (TPSA) is 41.5 Å². The minimum absolute atomic E-state index is 0.514. The molecular formula is C11H17NO2. The number of hydrogen-bond donors (Lipinski definition) is 2. The quantitative estimate of drug-likeness (QED) is 0.770. The molecule has 0 bridgehead atoms. The summed E-state index contributed by atoms with van der Waals surface area (Å²) >= 11 is 0. The summed E-state index contributed by atoms with van der Waals surface area (Å²) in [5, 5.41) is 12.6. The van der Waals surface area contributed by atoms with E-state index >= 15 is 0 Å². The Bertz CT molecular complexity index is 292. The van der Waals surface area contributed by atoms with Gasteiger partial charge in [0, 0.05) is 18.3 Å². The fourth-order valence-corrected chi connectivity index (χ4v) is 1.05. The molecule has 0 amide bonds. The molecule has 0 heterocycles. The van der Waals surface area contributed by atoms with E-state index in [1.54, 1.807) is 21.0 Å². The van der Waals surface area contributed by atoms with Crippen molar-refractivity contribution in [1.29, 1.82) is 0 Å². The van der Waals surface area contributed by atoms with Gasteiger partial charge in [0.25, 0.3) is 0 Å². The van der Waals surface area contributed by atoms with Crippen LogP contribution in [-0.2, 0) is 0 Å². The van der Waals surface area contributed by atoms with Crippen LogP contribution in [0.4, 0.5) is 5.69 Å². The summed E-state index contributed by atoms with van der Waals surface area (Å²) in [7, 11) is 1.63. The fourth-order valence-electron chi connectivity index (χ4n) is 1.05. The first kappa shape index (κ1) is 10.9. The Labute approximate surface area is 84.7 Å². The molecule has 78 valence electrons. The first-order valence-corrected chi connectivity index (χ1v) is 4.61.